The fourth-order valence-corrected chi connectivity index (χ4v) is 6.47. The lowest BCUT2D eigenvalue weighted by atomic mass is 9.47. The average molecular weight is 443 g/mol. The van der Waals surface area contributed by atoms with Gasteiger partial charge in [0.1, 0.15) is 12.2 Å². The molecule has 2 aliphatic carbocycles. The molecule has 2 bridgehead atoms. The van der Waals surface area contributed by atoms with Crippen molar-refractivity contribution in [1.29, 1.82) is 0 Å². The molecule has 0 aromatic heterocycles. The van der Waals surface area contributed by atoms with Crippen molar-refractivity contribution in [2.24, 2.45) is 17.3 Å². The molecule has 1 aromatic carbocycles. The van der Waals surface area contributed by atoms with E-state index in [0.717, 1.165) is 22.3 Å². The summed E-state index contributed by atoms with van der Waals surface area (Å²) in [6.07, 6.45) is -2.23. The zero-order valence-electron chi connectivity index (χ0n) is 18.9. The minimum absolute atomic E-state index is 0.0665. The second kappa shape index (κ2) is 6.89. The zero-order chi connectivity index (χ0) is 23.2. The summed E-state index contributed by atoms with van der Waals surface area (Å²) in [6.45, 7) is 11.7. The van der Waals surface area contributed by atoms with Crippen molar-refractivity contribution < 1.29 is 34.0 Å². The Balaban J connectivity index is 1.71. The number of ether oxygens (including phenoxy) is 3. The van der Waals surface area contributed by atoms with Gasteiger partial charge in [0, 0.05) is 12.3 Å². The second-order valence-electron chi connectivity index (χ2n) is 9.93. The van der Waals surface area contributed by atoms with Crippen molar-refractivity contribution in [3.63, 3.8) is 0 Å². The summed E-state index contributed by atoms with van der Waals surface area (Å²) in [7, 11) is 0. The molecule has 32 heavy (non-hydrogen) atoms. The molecule has 7 heteroatoms. The van der Waals surface area contributed by atoms with Gasteiger partial charge in [0.2, 0.25) is 11.9 Å². The maximum atomic E-state index is 13.1. The Morgan fingerprint density at radius 1 is 1.34 bits per heavy atom. The SMILES string of the molecule is C=C1[C@@H](O)[C@@]2(O)OC[C@@]34[C@H]1[C@@H](OC(=O)C(C)CC)C(=O)O[C@@H]3Cc1c(C)ccc(C)c1[C@@H]24. The molecule has 2 N–H and O–H groups in total. The highest BCUT2D eigenvalue weighted by Crippen LogP contribution is 2.69. The van der Waals surface area contributed by atoms with Gasteiger partial charge in [-0.15, -0.1) is 0 Å². The van der Waals surface area contributed by atoms with Crippen LogP contribution in [0.15, 0.2) is 24.3 Å². The van der Waals surface area contributed by atoms with Gasteiger partial charge in [-0.05, 0) is 48.1 Å². The Hall–Kier alpha value is -2.22. The molecule has 1 unspecified atom stereocenters. The lowest BCUT2D eigenvalue weighted by molar-refractivity contribution is -0.247. The van der Waals surface area contributed by atoms with Crippen LogP contribution >= 0.6 is 0 Å². The molecule has 0 radical (unpaired) electrons. The first-order chi connectivity index (χ1) is 15.1. The number of carbonyl (C=O) groups excluding carboxylic acids is 2. The third kappa shape index (κ3) is 2.47. The predicted molar refractivity (Wildman–Crippen MR) is 114 cm³/mol. The van der Waals surface area contributed by atoms with Crippen LogP contribution in [0.1, 0.15) is 48.4 Å². The third-order valence-corrected chi connectivity index (χ3v) is 8.36. The molecule has 2 heterocycles. The molecule has 7 nitrogen and oxygen atoms in total. The number of hydrogen-bond donors (Lipinski definition) is 2. The smallest absolute Gasteiger partial charge is 0.348 e. The lowest BCUT2D eigenvalue weighted by Gasteiger charge is -2.59. The van der Waals surface area contributed by atoms with E-state index in [1.165, 1.54) is 0 Å². The van der Waals surface area contributed by atoms with Gasteiger partial charge in [-0.25, -0.2) is 4.79 Å². The van der Waals surface area contributed by atoms with Gasteiger partial charge in [-0.1, -0.05) is 32.6 Å². The molecule has 1 aromatic rings. The van der Waals surface area contributed by atoms with E-state index >= 15 is 0 Å². The van der Waals surface area contributed by atoms with Crippen LogP contribution in [0.2, 0.25) is 0 Å². The maximum Gasteiger partial charge on any atom is 0.348 e. The highest BCUT2D eigenvalue weighted by molar-refractivity contribution is 5.82. The molecular formula is C25H30O7. The molecule has 0 amide bonds. The summed E-state index contributed by atoms with van der Waals surface area (Å²) in [4.78, 5) is 25.8. The Bertz CT molecular complexity index is 1030. The van der Waals surface area contributed by atoms with Gasteiger partial charge in [0.25, 0.3) is 0 Å². The van der Waals surface area contributed by atoms with Crippen LogP contribution < -0.4 is 0 Å². The summed E-state index contributed by atoms with van der Waals surface area (Å²) in [5.74, 6) is -4.78. The Labute approximate surface area is 187 Å². The molecule has 1 spiro atoms. The van der Waals surface area contributed by atoms with Crippen molar-refractivity contribution in [1.82, 2.24) is 0 Å². The molecular weight excluding hydrogens is 412 g/mol. The summed E-state index contributed by atoms with van der Waals surface area (Å²) in [6, 6.07) is 4.00. The number of benzene rings is 1. The van der Waals surface area contributed by atoms with Crippen molar-refractivity contribution in [2.45, 2.75) is 70.6 Å². The zero-order valence-corrected chi connectivity index (χ0v) is 18.9. The highest BCUT2D eigenvalue weighted by atomic mass is 16.7. The maximum absolute atomic E-state index is 13.1. The van der Waals surface area contributed by atoms with Crippen LogP contribution in [0.3, 0.4) is 0 Å². The summed E-state index contributed by atoms with van der Waals surface area (Å²) in [5, 5.41) is 22.8. The van der Waals surface area contributed by atoms with Crippen molar-refractivity contribution in [2.75, 3.05) is 6.61 Å². The van der Waals surface area contributed by atoms with Crippen LogP contribution in [0, 0.1) is 31.1 Å². The van der Waals surface area contributed by atoms with E-state index in [0.29, 0.717) is 12.8 Å². The quantitative estimate of drug-likeness (QED) is 0.546. The Morgan fingerprint density at radius 2 is 2.03 bits per heavy atom. The average Bonchev–Trinajstić information content (AvgIpc) is 3.04. The van der Waals surface area contributed by atoms with Crippen LogP contribution in [0.4, 0.5) is 0 Å². The summed E-state index contributed by atoms with van der Waals surface area (Å²) in [5.41, 5.74) is 3.29. The highest BCUT2D eigenvalue weighted by Gasteiger charge is 2.78. The van der Waals surface area contributed by atoms with Crippen molar-refractivity contribution in [3.05, 3.63) is 46.5 Å². The number of fused-ring (bicyclic) bond motifs is 1. The fourth-order valence-electron chi connectivity index (χ4n) is 6.47. The van der Waals surface area contributed by atoms with E-state index in [2.05, 4.69) is 6.58 Å². The third-order valence-electron chi connectivity index (χ3n) is 8.36. The second-order valence-corrected chi connectivity index (χ2v) is 9.93. The van der Waals surface area contributed by atoms with Gasteiger partial charge in [0.05, 0.1) is 23.9 Å². The van der Waals surface area contributed by atoms with Crippen LogP contribution in [-0.2, 0) is 30.2 Å². The monoisotopic (exact) mass is 442 g/mol. The predicted octanol–water partition coefficient (Wildman–Crippen LogP) is 2.08. The van der Waals surface area contributed by atoms with E-state index in [1.807, 2.05) is 32.9 Å². The largest absolute Gasteiger partial charge is 0.459 e. The van der Waals surface area contributed by atoms with Crippen molar-refractivity contribution >= 4 is 11.9 Å². The van der Waals surface area contributed by atoms with Gasteiger partial charge in [0.15, 0.2) is 0 Å². The minimum Gasteiger partial charge on any atom is -0.459 e. The van der Waals surface area contributed by atoms with Gasteiger partial charge in [-0.2, -0.15) is 0 Å². The first kappa shape index (κ1) is 21.6. The van der Waals surface area contributed by atoms with E-state index in [4.69, 9.17) is 14.2 Å². The first-order valence-corrected chi connectivity index (χ1v) is 11.3. The molecule has 4 aliphatic rings. The lowest BCUT2D eigenvalue weighted by Crippen LogP contribution is -2.69. The number of aliphatic hydroxyl groups excluding tert-OH is 1. The molecule has 5 rings (SSSR count). The number of hydrogen-bond acceptors (Lipinski definition) is 7. The summed E-state index contributed by atoms with van der Waals surface area (Å²) >= 11 is 0. The van der Waals surface area contributed by atoms with E-state index in [-0.39, 0.29) is 18.1 Å². The molecule has 172 valence electrons. The van der Waals surface area contributed by atoms with E-state index in [1.54, 1.807) is 6.92 Å². The number of rotatable bonds is 3. The Morgan fingerprint density at radius 3 is 2.72 bits per heavy atom. The van der Waals surface area contributed by atoms with Crippen LogP contribution in [-0.4, -0.2) is 52.9 Å². The number of aliphatic hydroxyl groups is 2. The molecule has 1 saturated carbocycles. The first-order valence-electron chi connectivity index (χ1n) is 11.3. The number of carbonyl (C=O) groups is 2. The molecule has 8 atom stereocenters. The number of esters is 2. The normalized spacial score (nSPS) is 40.2. The summed E-state index contributed by atoms with van der Waals surface area (Å²) < 4.78 is 17.6. The van der Waals surface area contributed by atoms with Gasteiger partial charge in [-0.3, -0.25) is 4.79 Å². The molecule has 2 aliphatic heterocycles. The van der Waals surface area contributed by atoms with Crippen LogP contribution in [0.5, 0.6) is 0 Å². The Kier molecular flexibility index (Phi) is 4.65. The fraction of sp³-hybridized carbons (Fsp3) is 0.600. The molecule has 3 fully saturated rings. The van der Waals surface area contributed by atoms with Crippen LogP contribution in [0.25, 0.3) is 0 Å². The standard InChI is InChI=1S/C25H30O7/c1-6-11(2)22(27)32-19-18-14(5)21(26)25(29)20-17-13(4)8-7-12(3)15(17)9-16(31-23(19)28)24(18,20)10-30-25/h7-8,11,16,18-21,26,29H,5-6,9-10H2,1-4H3/t11?,16-,18-,19-,20-,21-,24+,25+/m1/s1. The molecule has 2 saturated heterocycles. The number of aryl methyl sites for hydroxylation is 2. The minimum atomic E-state index is -1.89. The van der Waals surface area contributed by atoms with Gasteiger partial charge >= 0.3 is 11.9 Å². The van der Waals surface area contributed by atoms with Gasteiger partial charge < -0.3 is 24.4 Å². The topological polar surface area (TPSA) is 102 Å². The van der Waals surface area contributed by atoms with Crippen molar-refractivity contribution in [3.8, 4) is 0 Å². The van der Waals surface area contributed by atoms with E-state index in [9.17, 15) is 19.8 Å². The van der Waals surface area contributed by atoms with E-state index < -0.39 is 53.3 Å².